The molecule has 0 amide bonds. The molecule has 7 heteroatoms. The summed E-state index contributed by atoms with van der Waals surface area (Å²) in [6.45, 7) is 0.862. The molecule has 2 fully saturated rings. The Morgan fingerprint density at radius 2 is 2.32 bits per heavy atom. The first kappa shape index (κ1) is 14.6. The zero-order valence-electron chi connectivity index (χ0n) is 12.3. The molecular weight excluding hydrogens is 288 g/mol. The van der Waals surface area contributed by atoms with Gasteiger partial charge in [-0.2, -0.15) is 0 Å². The van der Waals surface area contributed by atoms with Gasteiger partial charge in [-0.3, -0.25) is 14.9 Å². The number of nitro groups is 1. The molecule has 22 heavy (non-hydrogen) atoms. The number of hydrogen-bond donors (Lipinski definition) is 1. The van der Waals surface area contributed by atoms with E-state index in [1.807, 2.05) is 4.90 Å². The molecule has 0 unspecified atom stereocenters. The number of aliphatic carboxylic acids is 1. The number of nitrogens with zero attached hydrogens (tertiary/aromatic N) is 2. The number of anilines is 1. The van der Waals surface area contributed by atoms with Gasteiger partial charge >= 0.3 is 11.7 Å². The molecule has 0 spiro atoms. The lowest BCUT2D eigenvalue weighted by Gasteiger charge is -2.24. The number of ether oxygens (including phenoxy) is 1. The van der Waals surface area contributed by atoms with Crippen molar-refractivity contribution in [3.8, 4) is 5.75 Å². The Hall–Kier alpha value is -2.31. The van der Waals surface area contributed by atoms with Crippen molar-refractivity contribution in [2.45, 2.75) is 19.3 Å². The van der Waals surface area contributed by atoms with Crippen LogP contribution in [0.1, 0.15) is 19.3 Å². The molecule has 7 nitrogen and oxygen atoms in total. The van der Waals surface area contributed by atoms with Gasteiger partial charge < -0.3 is 14.7 Å². The molecular formula is C15H18N2O5. The van der Waals surface area contributed by atoms with E-state index >= 15 is 0 Å². The summed E-state index contributed by atoms with van der Waals surface area (Å²) in [4.78, 5) is 24.5. The first-order chi connectivity index (χ1) is 10.5. The summed E-state index contributed by atoms with van der Waals surface area (Å²) >= 11 is 0. The van der Waals surface area contributed by atoms with Crippen molar-refractivity contribution in [2.75, 3.05) is 25.1 Å². The van der Waals surface area contributed by atoms with E-state index in [-0.39, 0.29) is 17.4 Å². The highest BCUT2D eigenvalue weighted by molar-refractivity contribution is 5.79. The fourth-order valence-electron chi connectivity index (χ4n) is 3.94. The Morgan fingerprint density at radius 1 is 1.55 bits per heavy atom. The third-order valence-corrected chi connectivity index (χ3v) is 5.02. The number of carboxylic acids is 1. The van der Waals surface area contributed by atoms with Gasteiger partial charge in [-0.25, -0.2) is 0 Å². The summed E-state index contributed by atoms with van der Waals surface area (Å²) in [5.41, 5.74) is -0.415. The van der Waals surface area contributed by atoms with Crippen molar-refractivity contribution in [1.82, 2.24) is 0 Å². The molecule has 1 aliphatic carbocycles. The summed E-state index contributed by atoms with van der Waals surface area (Å²) in [6, 6.07) is 4.91. The van der Waals surface area contributed by atoms with Crippen LogP contribution in [0.3, 0.4) is 0 Å². The lowest BCUT2D eigenvalue weighted by Crippen LogP contribution is -2.35. The van der Waals surface area contributed by atoms with Crippen LogP contribution in [-0.4, -0.2) is 36.2 Å². The van der Waals surface area contributed by atoms with Crippen molar-refractivity contribution in [2.24, 2.45) is 11.3 Å². The van der Waals surface area contributed by atoms with Gasteiger partial charge in [0.05, 0.1) is 17.4 Å². The number of carbonyl (C=O) groups is 1. The van der Waals surface area contributed by atoms with Gasteiger partial charge in [0.1, 0.15) is 5.69 Å². The Labute approximate surface area is 127 Å². The van der Waals surface area contributed by atoms with E-state index in [0.29, 0.717) is 25.2 Å². The van der Waals surface area contributed by atoms with Gasteiger partial charge in [-0.1, -0.05) is 12.5 Å². The van der Waals surface area contributed by atoms with Crippen molar-refractivity contribution in [1.29, 1.82) is 0 Å². The molecule has 1 saturated carbocycles. The fourth-order valence-corrected chi connectivity index (χ4v) is 3.94. The van der Waals surface area contributed by atoms with Crippen LogP contribution in [0.5, 0.6) is 5.75 Å². The Bertz CT molecular complexity index is 632. The number of hydrogen-bond acceptors (Lipinski definition) is 5. The lowest BCUT2D eigenvalue weighted by atomic mass is 9.81. The normalized spacial score (nSPS) is 26.8. The maximum Gasteiger partial charge on any atom is 0.333 e. The SMILES string of the molecule is COc1cccc(N2C[C@@H]3CCC[C@@]3(C(=O)O)C2)c1[N+](=O)[O-]. The van der Waals surface area contributed by atoms with E-state index in [1.165, 1.54) is 7.11 Å². The molecule has 2 aliphatic rings. The second kappa shape index (κ2) is 5.15. The van der Waals surface area contributed by atoms with Gasteiger partial charge in [-0.15, -0.1) is 0 Å². The average Bonchev–Trinajstić information content (AvgIpc) is 3.04. The molecule has 1 heterocycles. The Balaban J connectivity index is 2.00. The number of nitro benzene ring substituents is 1. The molecule has 1 aromatic carbocycles. The zero-order chi connectivity index (χ0) is 15.9. The van der Waals surface area contributed by atoms with Gasteiger partial charge in [0.25, 0.3) is 0 Å². The summed E-state index contributed by atoms with van der Waals surface area (Å²) in [5.74, 6) is -0.539. The molecule has 2 atom stereocenters. The first-order valence-electron chi connectivity index (χ1n) is 7.29. The second-order valence-corrected chi connectivity index (χ2v) is 6.02. The molecule has 118 valence electrons. The van der Waals surface area contributed by atoms with Crippen LogP contribution >= 0.6 is 0 Å². The molecule has 0 aromatic heterocycles. The van der Waals surface area contributed by atoms with E-state index < -0.39 is 16.3 Å². The van der Waals surface area contributed by atoms with Crippen LogP contribution in [0.4, 0.5) is 11.4 Å². The second-order valence-electron chi connectivity index (χ2n) is 6.02. The standard InChI is InChI=1S/C15H18N2O5/c1-22-12-6-2-5-11(13(12)17(20)21)16-8-10-4-3-7-15(10,9-16)14(18)19/h2,5-6,10H,3-4,7-9H2,1H3,(H,18,19)/t10-,15+/m0/s1. The average molecular weight is 306 g/mol. The highest BCUT2D eigenvalue weighted by Gasteiger charge is 2.55. The van der Waals surface area contributed by atoms with Gasteiger partial charge in [0.2, 0.25) is 0 Å². The largest absolute Gasteiger partial charge is 0.490 e. The maximum atomic E-state index is 11.7. The quantitative estimate of drug-likeness (QED) is 0.677. The zero-order valence-corrected chi connectivity index (χ0v) is 12.3. The van der Waals surface area contributed by atoms with Gasteiger partial charge in [0.15, 0.2) is 5.75 Å². The minimum atomic E-state index is -0.789. The van der Waals surface area contributed by atoms with Crippen molar-refractivity contribution < 1.29 is 19.6 Å². The minimum Gasteiger partial charge on any atom is -0.490 e. The predicted molar refractivity (Wildman–Crippen MR) is 79.3 cm³/mol. The summed E-state index contributed by atoms with van der Waals surface area (Å²) < 4.78 is 5.09. The van der Waals surface area contributed by atoms with E-state index in [2.05, 4.69) is 0 Å². The van der Waals surface area contributed by atoms with E-state index in [0.717, 1.165) is 12.8 Å². The van der Waals surface area contributed by atoms with Crippen LogP contribution in [0.2, 0.25) is 0 Å². The summed E-state index contributed by atoms with van der Waals surface area (Å²) in [6.07, 6.45) is 2.41. The third kappa shape index (κ3) is 2.00. The molecule has 0 radical (unpaired) electrons. The minimum absolute atomic E-state index is 0.0517. The van der Waals surface area contributed by atoms with Gasteiger partial charge in [0, 0.05) is 13.1 Å². The van der Waals surface area contributed by atoms with Crippen LogP contribution < -0.4 is 9.64 Å². The molecule has 3 rings (SSSR count). The monoisotopic (exact) mass is 306 g/mol. The Kier molecular flexibility index (Phi) is 3.42. The fraction of sp³-hybridized carbons (Fsp3) is 0.533. The maximum absolute atomic E-state index is 11.7. The van der Waals surface area contributed by atoms with E-state index in [4.69, 9.17) is 4.74 Å². The first-order valence-corrected chi connectivity index (χ1v) is 7.29. The van der Waals surface area contributed by atoms with Crippen LogP contribution in [0, 0.1) is 21.4 Å². The Morgan fingerprint density at radius 3 is 2.91 bits per heavy atom. The van der Waals surface area contributed by atoms with Crippen LogP contribution in [-0.2, 0) is 4.79 Å². The van der Waals surface area contributed by atoms with Gasteiger partial charge in [-0.05, 0) is 30.9 Å². The highest BCUT2D eigenvalue weighted by atomic mass is 16.6. The molecule has 1 aliphatic heterocycles. The van der Waals surface area contributed by atoms with Crippen LogP contribution in [0.25, 0.3) is 0 Å². The van der Waals surface area contributed by atoms with Crippen molar-refractivity contribution in [3.63, 3.8) is 0 Å². The number of carboxylic acid groups (broad SMARTS) is 1. The summed E-state index contributed by atoms with van der Waals surface area (Å²) in [5, 5.41) is 21.0. The predicted octanol–water partition coefficient (Wildman–Crippen LogP) is 2.29. The summed E-state index contributed by atoms with van der Waals surface area (Å²) in [7, 11) is 1.39. The topological polar surface area (TPSA) is 92.9 Å². The van der Waals surface area contributed by atoms with Crippen molar-refractivity contribution in [3.05, 3.63) is 28.3 Å². The van der Waals surface area contributed by atoms with E-state index in [9.17, 15) is 20.0 Å². The van der Waals surface area contributed by atoms with E-state index in [1.54, 1.807) is 18.2 Å². The number of benzene rings is 1. The molecule has 1 N–H and O–H groups in total. The van der Waals surface area contributed by atoms with Crippen molar-refractivity contribution >= 4 is 17.3 Å². The number of methoxy groups -OCH3 is 1. The lowest BCUT2D eigenvalue weighted by molar-refractivity contribution is -0.385. The molecule has 1 aromatic rings. The molecule has 0 bridgehead atoms. The number of rotatable bonds is 4. The number of para-hydroxylation sites is 1. The number of fused-ring (bicyclic) bond motifs is 1. The smallest absolute Gasteiger partial charge is 0.333 e. The van der Waals surface area contributed by atoms with Crippen LogP contribution in [0.15, 0.2) is 18.2 Å². The molecule has 1 saturated heterocycles. The third-order valence-electron chi connectivity index (χ3n) is 5.02. The highest BCUT2D eigenvalue weighted by Crippen LogP contribution is 2.51.